The van der Waals surface area contributed by atoms with Gasteiger partial charge in [-0.25, -0.2) is 4.39 Å². The van der Waals surface area contributed by atoms with Gasteiger partial charge in [0.2, 0.25) is 0 Å². The summed E-state index contributed by atoms with van der Waals surface area (Å²) in [5, 5.41) is 6.40. The van der Waals surface area contributed by atoms with E-state index in [1.807, 2.05) is 13.0 Å². The maximum Gasteiger partial charge on any atom is 0.191 e. The molecule has 0 radical (unpaired) electrons. The highest BCUT2D eigenvalue weighted by molar-refractivity contribution is 14.0. The van der Waals surface area contributed by atoms with Crippen molar-refractivity contribution in [3.63, 3.8) is 0 Å². The zero-order chi connectivity index (χ0) is 17.0. The molecule has 1 aromatic rings. The van der Waals surface area contributed by atoms with Gasteiger partial charge in [0, 0.05) is 19.7 Å². The SMILES string of the molecule is CCNC(=NCCOCC1CCCO1)NCCc1ccccc1F.I. The minimum atomic E-state index is -0.163. The summed E-state index contributed by atoms with van der Waals surface area (Å²) in [7, 11) is 0. The van der Waals surface area contributed by atoms with E-state index in [-0.39, 0.29) is 35.9 Å². The highest BCUT2D eigenvalue weighted by Crippen LogP contribution is 2.11. The number of nitrogens with one attached hydrogen (secondary N) is 2. The summed E-state index contributed by atoms with van der Waals surface area (Å²) in [6.45, 7) is 6.08. The number of hydrogen-bond donors (Lipinski definition) is 2. The predicted octanol–water partition coefficient (Wildman–Crippen LogP) is 2.74. The number of nitrogens with zero attached hydrogens (tertiary/aromatic N) is 1. The van der Waals surface area contributed by atoms with Crippen molar-refractivity contribution < 1.29 is 13.9 Å². The molecule has 0 aromatic heterocycles. The fraction of sp³-hybridized carbons (Fsp3) is 0.611. The molecule has 1 unspecified atom stereocenters. The molecule has 2 rings (SSSR count). The molecule has 0 saturated carbocycles. The first-order valence-corrected chi connectivity index (χ1v) is 8.74. The minimum Gasteiger partial charge on any atom is -0.377 e. The molecule has 1 aliphatic heterocycles. The quantitative estimate of drug-likeness (QED) is 0.255. The first kappa shape index (κ1) is 22.1. The number of benzene rings is 1. The van der Waals surface area contributed by atoms with Crippen LogP contribution in [0.25, 0.3) is 0 Å². The minimum absolute atomic E-state index is 0. The second-order valence-corrected chi connectivity index (χ2v) is 5.74. The smallest absolute Gasteiger partial charge is 0.191 e. The van der Waals surface area contributed by atoms with Crippen LogP contribution in [0.1, 0.15) is 25.3 Å². The molecule has 0 spiro atoms. The van der Waals surface area contributed by atoms with Crippen LogP contribution in [-0.4, -0.2) is 51.5 Å². The first-order valence-electron chi connectivity index (χ1n) is 8.74. The van der Waals surface area contributed by atoms with E-state index < -0.39 is 0 Å². The first-order chi connectivity index (χ1) is 11.8. The number of halogens is 2. The van der Waals surface area contributed by atoms with E-state index in [0.717, 1.165) is 32.0 Å². The van der Waals surface area contributed by atoms with Gasteiger partial charge in [0.1, 0.15) is 5.82 Å². The molecule has 25 heavy (non-hydrogen) atoms. The molecule has 0 aliphatic carbocycles. The number of rotatable bonds is 9. The molecule has 5 nitrogen and oxygen atoms in total. The van der Waals surface area contributed by atoms with Gasteiger partial charge in [0.05, 0.1) is 25.9 Å². The van der Waals surface area contributed by atoms with Crippen molar-refractivity contribution in [2.24, 2.45) is 4.99 Å². The summed E-state index contributed by atoms with van der Waals surface area (Å²) in [5.41, 5.74) is 0.709. The Kier molecular flexibility index (Phi) is 11.8. The fourth-order valence-corrected chi connectivity index (χ4v) is 2.57. The Morgan fingerprint density at radius 1 is 1.36 bits per heavy atom. The Morgan fingerprint density at radius 3 is 2.92 bits per heavy atom. The van der Waals surface area contributed by atoms with Crippen molar-refractivity contribution in [3.05, 3.63) is 35.6 Å². The summed E-state index contributed by atoms with van der Waals surface area (Å²) in [4.78, 5) is 4.47. The molecule has 2 N–H and O–H groups in total. The van der Waals surface area contributed by atoms with Gasteiger partial charge in [-0.15, -0.1) is 24.0 Å². The largest absolute Gasteiger partial charge is 0.377 e. The molecular formula is C18H29FIN3O2. The molecule has 1 aliphatic rings. The van der Waals surface area contributed by atoms with Crippen molar-refractivity contribution in [2.75, 3.05) is 39.5 Å². The summed E-state index contributed by atoms with van der Waals surface area (Å²) in [6, 6.07) is 6.84. The second-order valence-electron chi connectivity index (χ2n) is 5.74. The summed E-state index contributed by atoms with van der Waals surface area (Å²) < 4.78 is 24.7. The Bertz CT molecular complexity index is 511. The molecule has 0 bridgehead atoms. The van der Waals surface area contributed by atoms with Gasteiger partial charge in [0.25, 0.3) is 0 Å². The van der Waals surface area contributed by atoms with Gasteiger partial charge in [-0.2, -0.15) is 0 Å². The number of guanidine groups is 1. The van der Waals surface area contributed by atoms with Gasteiger partial charge in [-0.3, -0.25) is 4.99 Å². The maximum atomic E-state index is 13.6. The topological polar surface area (TPSA) is 54.9 Å². The average Bonchev–Trinajstić information content (AvgIpc) is 3.09. The zero-order valence-corrected chi connectivity index (χ0v) is 17.1. The summed E-state index contributed by atoms with van der Waals surface area (Å²) in [6.07, 6.45) is 3.08. The van der Waals surface area contributed by atoms with Crippen molar-refractivity contribution in [2.45, 2.75) is 32.3 Å². The van der Waals surface area contributed by atoms with Gasteiger partial charge < -0.3 is 20.1 Å². The van der Waals surface area contributed by atoms with Gasteiger partial charge in [-0.05, 0) is 37.8 Å². The molecule has 1 heterocycles. The molecule has 1 aromatic carbocycles. The van der Waals surface area contributed by atoms with Crippen LogP contribution in [0.2, 0.25) is 0 Å². The van der Waals surface area contributed by atoms with Crippen LogP contribution in [0.5, 0.6) is 0 Å². The normalized spacial score (nSPS) is 17.2. The summed E-state index contributed by atoms with van der Waals surface area (Å²) >= 11 is 0. The third kappa shape index (κ3) is 8.82. The predicted molar refractivity (Wildman–Crippen MR) is 109 cm³/mol. The van der Waals surface area contributed by atoms with Crippen LogP contribution >= 0.6 is 24.0 Å². The van der Waals surface area contributed by atoms with E-state index in [9.17, 15) is 4.39 Å². The van der Waals surface area contributed by atoms with E-state index >= 15 is 0 Å². The van der Waals surface area contributed by atoms with E-state index in [1.54, 1.807) is 12.1 Å². The Morgan fingerprint density at radius 2 is 2.20 bits per heavy atom. The third-order valence-electron chi connectivity index (χ3n) is 3.82. The lowest BCUT2D eigenvalue weighted by molar-refractivity contribution is 0.0200. The highest BCUT2D eigenvalue weighted by Gasteiger charge is 2.14. The van der Waals surface area contributed by atoms with Crippen molar-refractivity contribution in [1.29, 1.82) is 0 Å². The molecular weight excluding hydrogens is 436 g/mol. The zero-order valence-electron chi connectivity index (χ0n) is 14.8. The van der Waals surface area contributed by atoms with Crippen molar-refractivity contribution in [3.8, 4) is 0 Å². The highest BCUT2D eigenvalue weighted by atomic mass is 127. The van der Waals surface area contributed by atoms with Crippen LogP contribution in [0.15, 0.2) is 29.3 Å². The lowest BCUT2D eigenvalue weighted by Gasteiger charge is -2.12. The number of aliphatic imine (C=N–C) groups is 1. The van der Waals surface area contributed by atoms with Gasteiger partial charge >= 0.3 is 0 Å². The molecule has 1 fully saturated rings. The standard InChI is InChI=1S/C18H28FN3O2.HI/c1-2-20-18(21-10-9-15-6-3-4-8-17(15)19)22-11-13-23-14-16-7-5-12-24-16;/h3-4,6,8,16H,2,5,7,9-14H2,1H3,(H2,20,21,22);1H. The van der Waals surface area contributed by atoms with E-state index in [1.165, 1.54) is 6.07 Å². The molecule has 7 heteroatoms. The van der Waals surface area contributed by atoms with Crippen molar-refractivity contribution in [1.82, 2.24) is 10.6 Å². The Hall–Kier alpha value is -0.930. The van der Waals surface area contributed by atoms with E-state index in [2.05, 4.69) is 15.6 Å². The lowest BCUT2D eigenvalue weighted by Crippen LogP contribution is -2.38. The maximum absolute atomic E-state index is 13.6. The molecule has 1 saturated heterocycles. The van der Waals surface area contributed by atoms with Crippen LogP contribution in [-0.2, 0) is 15.9 Å². The average molecular weight is 465 g/mol. The van der Waals surface area contributed by atoms with Crippen LogP contribution in [0.3, 0.4) is 0 Å². The molecule has 1 atom stereocenters. The Labute approximate surface area is 166 Å². The van der Waals surface area contributed by atoms with Crippen LogP contribution in [0.4, 0.5) is 4.39 Å². The lowest BCUT2D eigenvalue weighted by atomic mass is 10.1. The molecule has 0 amide bonds. The Balaban J connectivity index is 0.00000312. The summed E-state index contributed by atoms with van der Waals surface area (Å²) in [5.74, 6) is 0.568. The van der Waals surface area contributed by atoms with Crippen LogP contribution < -0.4 is 10.6 Å². The van der Waals surface area contributed by atoms with E-state index in [4.69, 9.17) is 9.47 Å². The number of hydrogen-bond acceptors (Lipinski definition) is 3. The third-order valence-corrected chi connectivity index (χ3v) is 3.82. The van der Waals surface area contributed by atoms with Crippen LogP contribution in [0, 0.1) is 5.82 Å². The molecule has 142 valence electrons. The number of ether oxygens (including phenoxy) is 2. The van der Waals surface area contributed by atoms with Gasteiger partial charge in [0.15, 0.2) is 5.96 Å². The second kappa shape index (κ2) is 13.3. The van der Waals surface area contributed by atoms with E-state index in [0.29, 0.717) is 38.3 Å². The fourth-order valence-electron chi connectivity index (χ4n) is 2.57. The monoisotopic (exact) mass is 465 g/mol. The van der Waals surface area contributed by atoms with Crippen molar-refractivity contribution >= 4 is 29.9 Å². The van der Waals surface area contributed by atoms with Gasteiger partial charge in [-0.1, -0.05) is 18.2 Å².